The first-order valence-corrected chi connectivity index (χ1v) is 6.37. The SMILES string of the molecule is Cc1ccc(C(C)NC(CN(C)C)C(C)C)o1. The van der Waals surface area contributed by atoms with Gasteiger partial charge in [0.05, 0.1) is 6.04 Å². The molecule has 3 heteroatoms. The van der Waals surface area contributed by atoms with Gasteiger partial charge in [-0.1, -0.05) is 13.8 Å². The molecule has 0 aliphatic carbocycles. The van der Waals surface area contributed by atoms with E-state index in [2.05, 4.69) is 51.1 Å². The Balaban J connectivity index is 2.60. The molecular weight excluding hydrogens is 212 g/mol. The van der Waals surface area contributed by atoms with Crippen molar-refractivity contribution in [1.82, 2.24) is 10.2 Å². The van der Waals surface area contributed by atoms with Gasteiger partial charge in [-0.3, -0.25) is 0 Å². The largest absolute Gasteiger partial charge is 0.465 e. The van der Waals surface area contributed by atoms with Crippen molar-refractivity contribution in [3.05, 3.63) is 23.7 Å². The highest BCUT2D eigenvalue weighted by Gasteiger charge is 2.18. The number of nitrogens with zero attached hydrogens (tertiary/aromatic N) is 1. The summed E-state index contributed by atoms with van der Waals surface area (Å²) < 4.78 is 5.65. The molecule has 0 aromatic carbocycles. The Morgan fingerprint density at radius 3 is 2.29 bits per heavy atom. The smallest absolute Gasteiger partial charge is 0.120 e. The predicted octanol–water partition coefficient (Wildman–Crippen LogP) is 2.82. The van der Waals surface area contributed by atoms with Crippen molar-refractivity contribution in [2.24, 2.45) is 5.92 Å². The van der Waals surface area contributed by atoms with Gasteiger partial charge in [0.15, 0.2) is 0 Å². The summed E-state index contributed by atoms with van der Waals surface area (Å²) >= 11 is 0. The van der Waals surface area contributed by atoms with Crippen molar-refractivity contribution in [3.8, 4) is 0 Å². The van der Waals surface area contributed by atoms with Gasteiger partial charge in [0.2, 0.25) is 0 Å². The molecule has 17 heavy (non-hydrogen) atoms. The van der Waals surface area contributed by atoms with Gasteiger partial charge in [0.1, 0.15) is 11.5 Å². The minimum atomic E-state index is 0.260. The number of hydrogen-bond donors (Lipinski definition) is 1. The van der Waals surface area contributed by atoms with Gasteiger partial charge in [-0.05, 0) is 46.0 Å². The molecule has 0 fully saturated rings. The number of aryl methyl sites for hydroxylation is 1. The van der Waals surface area contributed by atoms with Gasteiger partial charge < -0.3 is 14.6 Å². The van der Waals surface area contributed by atoms with E-state index in [0.717, 1.165) is 18.1 Å². The average molecular weight is 238 g/mol. The molecular formula is C14H26N2O. The van der Waals surface area contributed by atoms with Crippen molar-refractivity contribution in [1.29, 1.82) is 0 Å². The topological polar surface area (TPSA) is 28.4 Å². The summed E-state index contributed by atoms with van der Waals surface area (Å²) in [5.74, 6) is 2.60. The van der Waals surface area contributed by atoms with Gasteiger partial charge in [0.25, 0.3) is 0 Å². The summed E-state index contributed by atoms with van der Waals surface area (Å²) in [6.07, 6.45) is 0. The number of nitrogens with one attached hydrogen (secondary N) is 1. The van der Waals surface area contributed by atoms with E-state index in [4.69, 9.17) is 4.42 Å². The normalized spacial score (nSPS) is 15.5. The lowest BCUT2D eigenvalue weighted by Gasteiger charge is -2.28. The highest BCUT2D eigenvalue weighted by atomic mass is 16.3. The fourth-order valence-electron chi connectivity index (χ4n) is 1.94. The quantitative estimate of drug-likeness (QED) is 0.826. The van der Waals surface area contributed by atoms with Crippen molar-refractivity contribution < 1.29 is 4.42 Å². The van der Waals surface area contributed by atoms with E-state index in [0.29, 0.717) is 12.0 Å². The van der Waals surface area contributed by atoms with E-state index >= 15 is 0 Å². The molecule has 2 atom stereocenters. The molecule has 0 amide bonds. The lowest BCUT2D eigenvalue weighted by molar-refractivity contribution is 0.262. The average Bonchev–Trinajstić information content (AvgIpc) is 2.63. The molecule has 0 aliphatic rings. The summed E-state index contributed by atoms with van der Waals surface area (Å²) in [6.45, 7) is 9.68. The van der Waals surface area contributed by atoms with Crippen LogP contribution in [0.15, 0.2) is 16.5 Å². The van der Waals surface area contributed by atoms with Crippen LogP contribution in [-0.4, -0.2) is 31.6 Å². The van der Waals surface area contributed by atoms with Crippen LogP contribution in [0.2, 0.25) is 0 Å². The Kier molecular flexibility index (Phi) is 5.22. The van der Waals surface area contributed by atoms with Crippen LogP contribution in [0.5, 0.6) is 0 Å². The maximum Gasteiger partial charge on any atom is 0.120 e. The van der Waals surface area contributed by atoms with Crippen molar-refractivity contribution >= 4 is 0 Å². The second kappa shape index (κ2) is 6.22. The summed E-state index contributed by atoms with van der Waals surface area (Å²) in [5, 5.41) is 3.64. The summed E-state index contributed by atoms with van der Waals surface area (Å²) in [5.41, 5.74) is 0. The van der Waals surface area contributed by atoms with Gasteiger partial charge in [0, 0.05) is 12.6 Å². The minimum absolute atomic E-state index is 0.260. The summed E-state index contributed by atoms with van der Waals surface area (Å²) in [7, 11) is 4.22. The van der Waals surface area contributed by atoms with E-state index in [1.54, 1.807) is 0 Å². The predicted molar refractivity (Wildman–Crippen MR) is 72.2 cm³/mol. The standard InChI is InChI=1S/C14H26N2O/c1-10(2)13(9-16(5)6)15-12(4)14-8-7-11(3)17-14/h7-8,10,12-13,15H,9H2,1-6H3. The van der Waals surface area contributed by atoms with Crippen molar-refractivity contribution in [3.63, 3.8) is 0 Å². The minimum Gasteiger partial charge on any atom is -0.465 e. The fraction of sp³-hybridized carbons (Fsp3) is 0.714. The zero-order valence-electron chi connectivity index (χ0n) is 11.9. The van der Waals surface area contributed by atoms with Gasteiger partial charge in [-0.25, -0.2) is 0 Å². The van der Waals surface area contributed by atoms with Crippen LogP contribution in [0, 0.1) is 12.8 Å². The molecule has 0 radical (unpaired) electrons. The molecule has 1 N–H and O–H groups in total. The fourth-order valence-corrected chi connectivity index (χ4v) is 1.94. The Hall–Kier alpha value is -0.800. The van der Waals surface area contributed by atoms with E-state index in [9.17, 15) is 0 Å². The lowest BCUT2D eigenvalue weighted by Crippen LogP contribution is -2.43. The van der Waals surface area contributed by atoms with Crippen molar-refractivity contribution in [2.45, 2.75) is 39.8 Å². The van der Waals surface area contributed by atoms with E-state index in [-0.39, 0.29) is 6.04 Å². The zero-order chi connectivity index (χ0) is 13.0. The van der Waals surface area contributed by atoms with Crippen molar-refractivity contribution in [2.75, 3.05) is 20.6 Å². The van der Waals surface area contributed by atoms with Crippen LogP contribution >= 0.6 is 0 Å². The number of hydrogen-bond acceptors (Lipinski definition) is 3. The monoisotopic (exact) mass is 238 g/mol. The van der Waals surface area contributed by atoms with Gasteiger partial charge in [-0.15, -0.1) is 0 Å². The number of furan rings is 1. The molecule has 2 unspecified atom stereocenters. The second-order valence-electron chi connectivity index (χ2n) is 5.45. The first-order valence-electron chi connectivity index (χ1n) is 6.37. The Morgan fingerprint density at radius 2 is 1.88 bits per heavy atom. The molecule has 0 aliphatic heterocycles. The molecule has 1 rings (SSSR count). The van der Waals surface area contributed by atoms with Gasteiger partial charge in [-0.2, -0.15) is 0 Å². The van der Waals surface area contributed by atoms with Crippen LogP contribution in [0.4, 0.5) is 0 Å². The Bertz CT molecular complexity index is 331. The third-order valence-electron chi connectivity index (χ3n) is 3.02. The van der Waals surface area contributed by atoms with Crippen LogP contribution in [0.1, 0.15) is 38.3 Å². The van der Waals surface area contributed by atoms with Crippen LogP contribution in [0.3, 0.4) is 0 Å². The Labute approximate surface area is 105 Å². The molecule has 0 spiro atoms. The van der Waals surface area contributed by atoms with Crippen LogP contribution < -0.4 is 5.32 Å². The zero-order valence-corrected chi connectivity index (χ0v) is 11.9. The number of likely N-dealkylation sites (N-methyl/N-ethyl adjacent to an activating group) is 1. The molecule has 1 aromatic heterocycles. The van der Waals surface area contributed by atoms with E-state index < -0.39 is 0 Å². The highest BCUT2D eigenvalue weighted by molar-refractivity contribution is 5.09. The molecule has 1 heterocycles. The third-order valence-corrected chi connectivity index (χ3v) is 3.02. The molecule has 0 saturated carbocycles. The van der Waals surface area contributed by atoms with Crippen LogP contribution in [0.25, 0.3) is 0 Å². The maximum absolute atomic E-state index is 5.65. The maximum atomic E-state index is 5.65. The molecule has 1 aromatic rings. The highest BCUT2D eigenvalue weighted by Crippen LogP contribution is 2.17. The first kappa shape index (κ1) is 14.3. The molecule has 0 saturated heterocycles. The summed E-state index contributed by atoms with van der Waals surface area (Å²) in [6, 6.07) is 4.81. The van der Waals surface area contributed by atoms with Crippen LogP contribution in [-0.2, 0) is 0 Å². The molecule has 0 bridgehead atoms. The lowest BCUT2D eigenvalue weighted by atomic mass is 10.0. The third kappa shape index (κ3) is 4.52. The summed E-state index contributed by atoms with van der Waals surface area (Å²) in [4.78, 5) is 2.22. The Morgan fingerprint density at radius 1 is 1.24 bits per heavy atom. The second-order valence-corrected chi connectivity index (χ2v) is 5.45. The molecule has 98 valence electrons. The number of rotatable bonds is 6. The van der Waals surface area contributed by atoms with E-state index in [1.165, 1.54) is 0 Å². The molecule has 3 nitrogen and oxygen atoms in total. The first-order chi connectivity index (χ1) is 7.90. The van der Waals surface area contributed by atoms with E-state index in [1.807, 2.05) is 13.0 Å². The van der Waals surface area contributed by atoms with Gasteiger partial charge >= 0.3 is 0 Å².